The molecule has 0 radical (unpaired) electrons. The van der Waals surface area contributed by atoms with Crippen LogP contribution in [-0.2, 0) is 10.0 Å². The maximum Gasteiger partial charge on any atom is 0.212 e. The molecule has 0 heterocycles. The van der Waals surface area contributed by atoms with Crippen LogP contribution in [0.3, 0.4) is 0 Å². The van der Waals surface area contributed by atoms with Crippen LogP contribution in [0, 0.1) is 5.41 Å². The molecule has 0 bridgehead atoms. The van der Waals surface area contributed by atoms with Gasteiger partial charge in [-0.2, -0.15) is 0 Å². The van der Waals surface area contributed by atoms with E-state index in [0.717, 1.165) is 19.4 Å². The van der Waals surface area contributed by atoms with E-state index in [1.807, 2.05) is 6.92 Å². The van der Waals surface area contributed by atoms with Crippen molar-refractivity contribution in [3.63, 3.8) is 0 Å². The summed E-state index contributed by atoms with van der Waals surface area (Å²) >= 11 is 0. The number of sulfonamides is 1. The molecular weight excluding hydrogens is 236 g/mol. The monoisotopic (exact) mass is 262 g/mol. The summed E-state index contributed by atoms with van der Waals surface area (Å²) in [6.07, 6.45) is 6.04. The molecule has 0 aromatic rings. The van der Waals surface area contributed by atoms with Crippen molar-refractivity contribution in [3.05, 3.63) is 0 Å². The van der Waals surface area contributed by atoms with Gasteiger partial charge in [-0.05, 0) is 24.8 Å². The fourth-order valence-electron chi connectivity index (χ4n) is 2.32. The van der Waals surface area contributed by atoms with E-state index < -0.39 is 10.0 Å². The Hall–Kier alpha value is -0.130. The summed E-state index contributed by atoms with van der Waals surface area (Å²) in [5, 5.41) is 3.03. The highest BCUT2D eigenvalue weighted by Gasteiger charge is 2.28. The van der Waals surface area contributed by atoms with Gasteiger partial charge < -0.3 is 5.32 Å². The molecule has 1 fully saturated rings. The van der Waals surface area contributed by atoms with Crippen LogP contribution in [0.2, 0.25) is 0 Å². The highest BCUT2D eigenvalue weighted by Crippen LogP contribution is 2.34. The SMILES string of the molecule is CCNCCS(=O)(=O)NCC1(C)CCCCC1. The predicted octanol–water partition coefficient (Wildman–Crippen LogP) is 1.49. The van der Waals surface area contributed by atoms with E-state index >= 15 is 0 Å². The molecule has 0 aromatic carbocycles. The first-order valence-electron chi connectivity index (χ1n) is 6.65. The molecule has 0 amide bonds. The maximum atomic E-state index is 11.7. The molecule has 2 N–H and O–H groups in total. The zero-order valence-corrected chi connectivity index (χ0v) is 11.9. The molecule has 0 aliphatic heterocycles. The Morgan fingerprint density at radius 3 is 2.41 bits per heavy atom. The zero-order chi connectivity index (χ0) is 12.8. The fourth-order valence-corrected chi connectivity index (χ4v) is 3.45. The first-order valence-corrected chi connectivity index (χ1v) is 8.31. The largest absolute Gasteiger partial charge is 0.316 e. The van der Waals surface area contributed by atoms with Gasteiger partial charge in [0.25, 0.3) is 0 Å². The molecule has 1 aliphatic rings. The van der Waals surface area contributed by atoms with Crippen LogP contribution in [0.5, 0.6) is 0 Å². The number of nitrogens with one attached hydrogen (secondary N) is 2. The molecule has 102 valence electrons. The lowest BCUT2D eigenvalue weighted by atomic mass is 9.76. The van der Waals surface area contributed by atoms with Crippen molar-refractivity contribution in [2.45, 2.75) is 46.0 Å². The Kier molecular flexibility index (Phi) is 5.89. The molecule has 0 spiro atoms. The molecule has 4 nitrogen and oxygen atoms in total. The van der Waals surface area contributed by atoms with Crippen molar-refractivity contribution in [1.29, 1.82) is 0 Å². The third-order valence-corrected chi connectivity index (χ3v) is 4.90. The molecule has 1 rings (SSSR count). The third kappa shape index (κ3) is 5.84. The van der Waals surface area contributed by atoms with Gasteiger partial charge in [0.05, 0.1) is 5.75 Å². The van der Waals surface area contributed by atoms with E-state index in [-0.39, 0.29) is 11.2 Å². The van der Waals surface area contributed by atoms with Gasteiger partial charge in [0.2, 0.25) is 10.0 Å². The van der Waals surface area contributed by atoms with Crippen LogP contribution < -0.4 is 10.0 Å². The van der Waals surface area contributed by atoms with Gasteiger partial charge >= 0.3 is 0 Å². The van der Waals surface area contributed by atoms with Crippen molar-refractivity contribution < 1.29 is 8.42 Å². The maximum absolute atomic E-state index is 11.7. The van der Waals surface area contributed by atoms with E-state index in [2.05, 4.69) is 17.0 Å². The van der Waals surface area contributed by atoms with Gasteiger partial charge in [-0.25, -0.2) is 13.1 Å². The lowest BCUT2D eigenvalue weighted by molar-refractivity contribution is 0.219. The van der Waals surface area contributed by atoms with Crippen LogP contribution >= 0.6 is 0 Å². The van der Waals surface area contributed by atoms with E-state index in [4.69, 9.17) is 0 Å². The lowest BCUT2D eigenvalue weighted by Gasteiger charge is -2.33. The highest BCUT2D eigenvalue weighted by molar-refractivity contribution is 7.89. The smallest absolute Gasteiger partial charge is 0.212 e. The Morgan fingerprint density at radius 1 is 1.18 bits per heavy atom. The molecule has 0 unspecified atom stereocenters. The Balaban J connectivity index is 2.32. The predicted molar refractivity (Wildman–Crippen MR) is 71.5 cm³/mol. The lowest BCUT2D eigenvalue weighted by Crippen LogP contribution is -2.39. The van der Waals surface area contributed by atoms with Crippen LogP contribution in [0.15, 0.2) is 0 Å². The van der Waals surface area contributed by atoms with Crippen molar-refractivity contribution in [2.24, 2.45) is 5.41 Å². The number of hydrogen-bond donors (Lipinski definition) is 2. The van der Waals surface area contributed by atoms with Crippen LogP contribution in [0.25, 0.3) is 0 Å². The Morgan fingerprint density at radius 2 is 1.82 bits per heavy atom. The van der Waals surface area contributed by atoms with Crippen LogP contribution in [-0.4, -0.2) is 33.8 Å². The van der Waals surface area contributed by atoms with Crippen LogP contribution in [0.1, 0.15) is 46.0 Å². The number of rotatable bonds is 7. The second-order valence-electron chi connectivity index (χ2n) is 5.36. The third-order valence-electron chi connectivity index (χ3n) is 3.58. The highest BCUT2D eigenvalue weighted by atomic mass is 32.2. The van der Waals surface area contributed by atoms with E-state index in [1.165, 1.54) is 19.3 Å². The van der Waals surface area contributed by atoms with Crippen molar-refractivity contribution in [2.75, 3.05) is 25.4 Å². The fraction of sp³-hybridized carbons (Fsp3) is 1.00. The molecule has 17 heavy (non-hydrogen) atoms. The van der Waals surface area contributed by atoms with Crippen molar-refractivity contribution >= 4 is 10.0 Å². The summed E-state index contributed by atoms with van der Waals surface area (Å²) in [5.41, 5.74) is 0.170. The molecule has 0 atom stereocenters. The summed E-state index contributed by atoms with van der Waals surface area (Å²) in [4.78, 5) is 0. The standard InChI is InChI=1S/C12H26N2O2S/c1-3-13-9-10-17(15,16)14-11-12(2)7-5-4-6-8-12/h13-14H,3-11H2,1-2H3. The van der Waals surface area contributed by atoms with Gasteiger partial charge in [-0.3, -0.25) is 0 Å². The van der Waals surface area contributed by atoms with Crippen LogP contribution in [0.4, 0.5) is 0 Å². The average Bonchev–Trinajstić information content (AvgIpc) is 2.28. The quantitative estimate of drug-likeness (QED) is 0.683. The van der Waals surface area contributed by atoms with E-state index in [9.17, 15) is 8.42 Å². The molecule has 1 saturated carbocycles. The first-order chi connectivity index (χ1) is 7.97. The second-order valence-corrected chi connectivity index (χ2v) is 7.29. The molecule has 0 aromatic heterocycles. The van der Waals surface area contributed by atoms with Gasteiger partial charge in [-0.15, -0.1) is 0 Å². The van der Waals surface area contributed by atoms with E-state index in [1.54, 1.807) is 0 Å². The zero-order valence-electron chi connectivity index (χ0n) is 11.1. The number of hydrogen-bond acceptors (Lipinski definition) is 3. The van der Waals surface area contributed by atoms with Gasteiger partial charge in [-0.1, -0.05) is 33.1 Å². The Bertz CT molecular complexity index is 308. The normalized spacial score (nSPS) is 20.4. The summed E-state index contributed by atoms with van der Waals surface area (Å²) in [6.45, 7) is 6.11. The summed E-state index contributed by atoms with van der Waals surface area (Å²) < 4.78 is 26.2. The summed E-state index contributed by atoms with van der Waals surface area (Å²) in [5.74, 6) is 0.178. The minimum absolute atomic E-state index is 0.170. The second kappa shape index (κ2) is 6.71. The van der Waals surface area contributed by atoms with Crippen molar-refractivity contribution in [1.82, 2.24) is 10.0 Å². The van der Waals surface area contributed by atoms with E-state index in [0.29, 0.717) is 13.1 Å². The topological polar surface area (TPSA) is 58.2 Å². The van der Waals surface area contributed by atoms with Gasteiger partial charge in [0, 0.05) is 13.1 Å². The van der Waals surface area contributed by atoms with Gasteiger partial charge in [0.1, 0.15) is 0 Å². The summed E-state index contributed by atoms with van der Waals surface area (Å²) in [6, 6.07) is 0. The molecular formula is C12H26N2O2S. The molecule has 1 aliphatic carbocycles. The minimum atomic E-state index is -3.10. The van der Waals surface area contributed by atoms with Crippen molar-refractivity contribution in [3.8, 4) is 0 Å². The summed E-state index contributed by atoms with van der Waals surface area (Å²) in [7, 11) is -3.10. The molecule has 5 heteroatoms. The minimum Gasteiger partial charge on any atom is -0.316 e. The van der Waals surface area contributed by atoms with Gasteiger partial charge in [0.15, 0.2) is 0 Å². The average molecular weight is 262 g/mol. The molecule has 0 saturated heterocycles. The first kappa shape index (κ1) is 14.9. The Labute approximate surface area is 106 Å².